The smallest absolute Gasteiger partial charge is 0.252 e. The third-order valence-corrected chi connectivity index (χ3v) is 7.89. The van der Waals surface area contributed by atoms with Gasteiger partial charge in [0.05, 0.1) is 30.4 Å². The van der Waals surface area contributed by atoms with E-state index in [0.29, 0.717) is 29.5 Å². The summed E-state index contributed by atoms with van der Waals surface area (Å²) >= 11 is 0. The summed E-state index contributed by atoms with van der Waals surface area (Å²) in [6.45, 7) is 5.52. The minimum Gasteiger partial charge on any atom is -0.379 e. The van der Waals surface area contributed by atoms with Crippen molar-refractivity contribution in [1.82, 2.24) is 34.0 Å². The number of aromatic nitrogens is 6. The van der Waals surface area contributed by atoms with Gasteiger partial charge < -0.3 is 14.6 Å². The molecule has 0 unspecified atom stereocenters. The number of morpholine rings is 1. The number of nitrogens with zero attached hydrogens (tertiary/aromatic N) is 7. The van der Waals surface area contributed by atoms with E-state index >= 15 is 0 Å². The van der Waals surface area contributed by atoms with E-state index in [1.54, 1.807) is 6.20 Å². The molecule has 4 aromatic heterocycles. The molecule has 0 aromatic carbocycles. The summed E-state index contributed by atoms with van der Waals surface area (Å²) in [6, 6.07) is 4.71. The Balaban J connectivity index is 1.11. The van der Waals surface area contributed by atoms with Crippen molar-refractivity contribution < 1.29 is 13.5 Å². The van der Waals surface area contributed by atoms with Gasteiger partial charge in [-0.15, -0.1) is 5.10 Å². The maximum atomic E-state index is 13.6. The number of hydrogen-bond donors (Lipinski definition) is 1. The normalized spacial score (nSPS) is 24.6. The summed E-state index contributed by atoms with van der Waals surface area (Å²) in [7, 11) is 0. The average Bonchev–Trinajstić information content (AvgIpc) is 3.39. The van der Waals surface area contributed by atoms with Gasteiger partial charge in [0.1, 0.15) is 5.82 Å². The largest absolute Gasteiger partial charge is 0.379 e. The Morgan fingerprint density at radius 1 is 1.06 bits per heavy atom. The highest BCUT2D eigenvalue weighted by Crippen LogP contribution is 2.47. The fourth-order valence-electron chi connectivity index (χ4n) is 5.85. The van der Waals surface area contributed by atoms with E-state index in [1.165, 1.54) is 0 Å². The molecule has 2 aliphatic carbocycles. The second kappa shape index (κ2) is 8.17. The quantitative estimate of drug-likeness (QED) is 0.453. The summed E-state index contributed by atoms with van der Waals surface area (Å²) < 4.78 is 36.3. The van der Waals surface area contributed by atoms with Crippen molar-refractivity contribution in [2.24, 2.45) is 0 Å². The van der Waals surface area contributed by atoms with Crippen molar-refractivity contribution in [3.63, 3.8) is 0 Å². The Bertz CT molecular complexity index is 1430. The van der Waals surface area contributed by atoms with Gasteiger partial charge in [-0.1, -0.05) is 0 Å². The topological polar surface area (TPSA) is 85.4 Å². The van der Waals surface area contributed by atoms with Crippen LogP contribution >= 0.6 is 0 Å². The molecule has 7 rings (SSSR count). The van der Waals surface area contributed by atoms with E-state index in [9.17, 15) is 8.78 Å². The lowest BCUT2D eigenvalue weighted by atomic mass is 9.85. The van der Waals surface area contributed by atoms with Gasteiger partial charge in [-0.05, 0) is 31.9 Å². The molecule has 0 radical (unpaired) electrons. The summed E-state index contributed by atoms with van der Waals surface area (Å²) in [6.07, 6.45) is 7.37. The molecule has 9 nitrogen and oxygen atoms in total. The van der Waals surface area contributed by atoms with Crippen molar-refractivity contribution >= 4 is 22.6 Å². The molecule has 0 atom stereocenters. The molecule has 0 bridgehead atoms. The van der Waals surface area contributed by atoms with E-state index in [4.69, 9.17) is 4.74 Å². The zero-order valence-electron chi connectivity index (χ0n) is 20.1. The molecule has 3 fully saturated rings. The monoisotopic (exact) mass is 494 g/mol. The van der Waals surface area contributed by atoms with Crippen molar-refractivity contribution in [1.29, 1.82) is 0 Å². The van der Waals surface area contributed by atoms with E-state index in [2.05, 4.69) is 30.3 Å². The first-order valence-electron chi connectivity index (χ1n) is 12.6. The first kappa shape index (κ1) is 22.1. The summed E-state index contributed by atoms with van der Waals surface area (Å²) in [5.41, 5.74) is 4.04. The molecule has 11 heteroatoms. The van der Waals surface area contributed by atoms with E-state index in [1.807, 2.05) is 40.5 Å². The number of aryl methyl sites for hydroxylation is 1. The Morgan fingerprint density at radius 3 is 2.64 bits per heavy atom. The van der Waals surface area contributed by atoms with Gasteiger partial charge in [0.2, 0.25) is 5.95 Å². The second-order valence-electron chi connectivity index (χ2n) is 10.3. The molecule has 2 saturated carbocycles. The Labute approximate surface area is 206 Å². The minimum absolute atomic E-state index is 0.156. The summed E-state index contributed by atoms with van der Waals surface area (Å²) in [5, 5.41) is 8.14. The standard InChI is InChI=1S/C25H28F2N8O/c1-15-30-23-21(35(15)19-11-25(26,27)12-19)8-16(13-28-23)20-2-3-34-22(20)14-29-24(32-34)31-17-9-18(10-17)33-4-6-36-7-5-33/h2-3,8,13-14,17-19H,4-7,9-12H2,1H3,(H,31,32)/t17-,18-. The molecule has 5 heterocycles. The van der Waals surface area contributed by atoms with Gasteiger partial charge in [0.15, 0.2) is 5.65 Å². The van der Waals surface area contributed by atoms with E-state index in [0.717, 1.165) is 61.3 Å². The fraction of sp³-hybridized carbons (Fsp3) is 0.520. The maximum absolute atomic E-state index is 13.6. The predicted octanol–water partition coefficient (Wildman–Crippen LogP) is 3.69. The number of anilines is 1. The Kier molecular flexibility index (Phi) is 5.00. The number of halogens is 2. The first-order chi connectivity index (χ1) is 17.4. The molecule has 3 aliphatic rings. The van der Waals surface area contributed by atoms with Crippen LogP contribution in [0.2, 0.25) is 0 Å². The Hall–Kier alpha value is -3.18. The van der Waals surface area contributed by atoms with Crippen LogP contribution < -0.4 is 5.32 Å². The highest BCUT2D eigenvalue weighted by molar-refractivity contribution is 5.85. The maximum Gasteiger partial charge on any atom is 0.252 e. The lowest BCUT2D eigenvalue weighted by molar-refractivity contribution is -0.103. The molecular formula is C25H28F2N8O. The number of fused-ring (bicyclic) bond motifs is 2. The van der Waals surface area contributed by atoms with Crippen LogP contribution in [0.1, 0.15) is 37.5 Å². The van der Waals surface area contributed by atoms with Crippen LogP contribution in [0.5, 0.6) is 0 Å². The molecule has 0 spiro atoms. The lowest BCUT2D eigenvalue weighted by Crippen LogP contribution is -2.53. The van der Waals surface area contributed by atoms with Crippen LogP contribution in [-0.4, -0.2) is 78.3 Å². The number of alkyl halides is 2. The minimum atomic E-state index is -2.59. The zero-order chi connectivity index (χ0) is 24.4. The number of ether oxygens (including phenoxy) is 1. The van der Waals surface area contributed by atoms with Gasteiger partial charge in [-0.2, -0.15) is 0 Å². The van der Waals surface area contributed by atoms with Gasteiger partial charge in [-0.25, -0.2) is 28.2 Å². The van der Waals surface area contributed by atoms with E-state index in [-0.39, 0.29) is 18.9 Å². The number of imidazole rings is 1. The van der Waals surface area contributed by atoms with Gasteiger partial charge in [0, 0.05) is 67.6 Å². The predicted molar refractivity (Wildman–Crippen MR) is 130 cm³/mol. The highest BCUT2D eigenvalue weighted by Gasteiger charge is 2.47. The van der Waals surface area contributed by atoms with Gasteiger partial charge >= 0.3 is 0 Å². The van der Waals surface area contributed by atoms with Crippen molar-refractivity contribution in [3.05, 3.63) is 36.5 Å². The molecule has 188 valence electrons. The van der Waals surface area contributed by atoms with Gasteiger partial charge in [0.25, 0.3) is 5.92 Å². The van der Waals surface area contributed by atoms with Crippen LogP contribution in [0.25, 0.3) is 27.8 Å². The summed E-state index contributed by atoms with van der Waals surface area (Å²) in [4.78, 5) is 16.1. The molecule has 1 aliphatic heterocycles. The van der Waals surface area contributed by atoms with Crippen molar-refractivity contribution in [3.8, 4) is 11.1 Å². The average molecular weight is 495 g/mol. The molecule has 1 N–H and O–H groups in total. The van der Waals surface area contributed by atoms with Crippen LogP contribution in [0.4, 0.5) is 14.7 Å². The van der Waals surface area contributed by atoms with Crippen LogP contribution in [0.15, 0.2) is 30.7 Å². The van der Waals surface area contributed by atoms with Crippen molar-refractivity contribution in [2.75, 3.05) is 31.6 Å². The fourth-order valence-corrected chi connectivity index (χ4v) is 5.85. The molecule has 1 saturated heterocycles. The SMILES string of the molecule is Cc1nc2ncc(-c3ccn4nc(N[C@H]5C[C@H](N6CCOCC6)C5)ncc34)cc2n1C1CC(F)(F)C1. The van der Waals surface area contributed by atoms with Crippen LogP contribution in [0, 0.1) is 6.92 Å². The lowest BCUT2D eigenvalue weighted by Gasteiger charge is -2.44. The van der Waals surface area contributed by atoms with Crippen molar-refractivity contribution in [2.45, 2.75) is 56.7 Å². The highest BCUT2D eigenvalue weighted by atomic mass is 19.3. The molecular weight excluding hydrogens is 466 g/mol. The molecule has 4 aromatic rings. The molecule has 0 amide bonds. The summed E-state index contributed by atoms with van der Waals surface area (Å²) in [5.74, 6) is -1.27. The first-order valence-corrected chi connectivity index (χ1v) is 12.6. The van der Waals surface area contributed by atoms with Crippen LogP contribution in [-0.2, 0) is 4.74 Å². The molecule has 36 heavy (non-hydrogen) atoms. The second-order valence-corrected chi connectivity index (χ2v) is 10.3. The number of rotatable bonds is 5. The number of nitrogens with one attached hydrogen (secondary N) is 1. The van der Waals surface area contributed by atoms with E-state index < -0.39 is 5.92 Å². The third kappa shape index (κ3) is 3.72. The number of pyridine rings is 1. The van der Waals surface area contributed by atoms with Gasteiger partial charge in [-0.3, -0.25) is 4.90 Å². The number of hydrogen-bond acceptors (Lipinski definition) is 7. The zero-order valence-corrected chi connectivity index (χ0v) is 20.1. The third-order valence-electron chi connectivity index (χ3n) is 7.89. The Morgan fingerprint density at radius 2 is 1.86 bits per heavy atom. The van der Waals surface area contributed by atoms with Crippen LogP contribution in [0.3, 0.4) is 0 Å².